The number of aromatic nitrogens is 4. The Hall–Kier alpha value is -3.34. The van der Waals surface area contributed by atoms with Gasteiger partial charge in [0.1, 0.15) is 5.75 Å². The molecular weight excluding hydrogens is 332 g/mol. The fraction of sp³-hybridized carbons (Fsp3) is 0.333. The molecule has 8 heteroatoms. The van der Waals surface area contributed by atoms with Crippen molar-refractivity contribution in [3.8, 4) is 34.5 Å². The monoisotopic (exact) mass is 350 g/mol. The van der Waals surface area contributed by atoms with E-state index in [4.69, 9.17) is 14.5 Å². The van der Waals surface area contributed by atoms with Crippen LogP contribution in [0.5, 0.6) is 5.75 Å². The molecule has 3 aromatic rings. The number of benzene rings is 1. The summed E-state index contributed by atoms with van der Waals surface area (Å²) in [6.45, 7) is 1.37. The van der Waals surface area contributed by atoms with Gasteiger partial charge in [-0.1, -0.05) is 5.16 Å². The molecule has 26 heavy (non-hydrogen) atoms. The number of ether oxygens (including phenoxy) is 1. The SMILES string of the molecule is COc1cc(-c2nc(C3CCN(C#N)C3)no2)ccc1-c1cnn(C)c1. The minimum Gasteiger partial charge on any atom is -0.496 e. The summed E-state index contributed by atoms with van der Waals surface area (Å²) in [7, 11) is 3.51. The number of methoxy groups -OCH3 is 1. The first kappa shape index (κ1) is 16.1. The summed E-state index contributed by atoms with van der Waals surface area (Å²) in [6.07, 6.45) is 6.75. The van der Waals surface area contributed by atoms with Crippen molar-refractivity contribution in [3.05, 3.63) is 36.4 Å². The largest absolute Gasteiger partial charge is 0.496 e. The van der Waals surface area contributed by atoms with Crippen LogP contribution < -0.4 is 4.74 Å². The van der Waals surface area contributed by atoms with Gasteiger partial charge in [0.2, 0.25) is 0 Å². The first-order valence-electron chi connectivity index (χ1n) is 8.33. The van der Waals surface area contributed by atoms with Crippen molar-refractivity contribution in [2.24, 2.45) is 7.05 Å². The summed E-state index contributed by atoms with van der Waals surface area (Å²) < 4.78 is 12.7. The van der Waals surface area contributed by atoms with E-state index in [0.717, 1.165) is 29.7 Å². The van der Waals surface area contributed by atoms with Crippen LogP contribution in [0, 0.1) is 11.5 Å². The Kier molecular flexibility index (Phi) is 4.05. The van der Waals surface area contributed by atoms with Crippen molar-refractivity contribution in [3.63, 3.8) is 0 Å². The van der Waals surface area contributed by atoms with Crippen LogP contribution in [0.25, 0.3) is 22.6 Å². The summed E-state index contributed by atoms with van der Waals surface area (Å²) in [5.41, 5.74) is 2.72. The van der Waals surface area contributed by atoms with Gasteiger partial charge in [0.15, 0.2) is 12.0 Å². The Labute approximate surface area is 150 Å². The van der Waals surface area contributed by atoms with Crippen molar-refractivity contribution in [2.75, 3.05) is 20.2 Å². The maximum absolute atomic E-state index is 8.98. The lowest BCUT2D eigenvalue weighted by Crippen LogP contribution is -2.13. The molecule has 1 aliphatic rings. The number of rotatable bonds is 4. The molecule has 0 bridgehead atoms. The van der Waals surface area contributed by atoms with Crippen molar-refractivity contribution >= 4 is 0 Å². The van der Waals surface area contributed by atoms with Gasteiger partial charge in [-0.15, -0.1) is 0 Å². The molecule has 2 aromatic heterocycles. The van der Waals surface area contributed by atoms with E-state index < -0.39 is 0 Å². The molecule has 1 aliphatic heterocycles. The molecule has 1 unspecified atom stereocenters. The van der Waals surface area contributed by atoms with Gasteiger partial charge >= 0.3 is 0 Å². The Morgan fingerprint density at radius 3 is 2.92 bits per heavy atom. The summed E-state index contributed by atoms with van der Waals surface area (Å²) in [5.74, 6) is 1.94. The molecule has 4 rings (SSSR count). The molecule has 1 aromatic carbocycles. The normalized spacial score (nSPS) is 16.7. The Balaban J connectivity index is 1.62. The van der Waals surface area contributed by atoms with Gasteiger partial charge in [-0.05, 0) is 24.6 Å². The second-order valence-electron chi connectivity index (χ2n) is 6.31. The zero-order valence-electron chi connectivity index (χ0n) is 14.6. The second-order valence-corrected chi connectivity index (χ2v) is 6.31. The fourth-order valence-corrected chi connectivity index (χ4v) is 3.20. The summed E-state index contributed by atoms with van der Waals surface area (Å²) in [6, 6.07) is 5.77. The quantitative estimate of drug-likeness (QED) is 0.667. The minimum atomic E-state index is 0.128. The van der Waals surface area contributed by atoms with Crippen molar-refractivity contribution < 1.29 is 9.26 Å². The summed E-state index contributed by atoms with van der Waals surface area (Å²) in [5, 5.41) is 17.3. The van der Waals surface area contributed by atoms with E-state index in [-0.39, 0.29) is 5.92 Å². The Bertz CT molecular complexity index is 970. The molecule has 1 atom stereocenters. The minimum absolute atomic E-state index is 0.128. The van der Waals surface area contributed by atoms with E-state index in [1.54, 1.807) is 22.9 Å². The third-order valence-corrected chi connectivity index (χ3v) is 4.60. The van der Waals surface area contributed by atoms with Crippen LogP contribution in [0.15, 0.2) is 35.1 Å². The predicted molar refractivity (Wildman–Crippen MR) is 93.0 cm³/mol. The average molecular weight is 350 g/mol. The third kappa shape index (κ3) is 2.88. The van der Waals surface area contributed by atoms with Gasteiger partial charge in [-0.2, -0.15) is 15.3 Å². The lowest BCUT2D eigenvalue weighted by atomic mass is 10.1. The lowest BCUT2D eigenvalue weighted by molar-refractivity contribution is 0.409. The zero-order valence-corrected chi connectivity index (χ0v) is 14.6. The van der Waals surface area contributed by atoms with Crippen LogP contribution in [0.4, 0.5) is 0 Å². The molecule has 132 valence electrons. The third-order valence-electron chi connectivity index (χ3n) is 4.60. The predicted octanol–water partition coefficient (Wildman–Crippen LogP) is 2.42. The van der Waals surface area contributed by atoms with Crippen LogP contribution in [0.3, 0.4) is 0 Å². The van der Waals surface area contributed by atoms with E-state index in [0.29, 0.717) is 24.0 Å². The van der Waals surface area contributed by atoms with E-state index in [1.165, 1.54) is 0 Å². The maximum Gasteiger partial charge on any atom is 0.258 e. The number of likely N-dealkylation sites (tertiary alicyclic amines) is 1. The molecule has 3 heterocycles. The molecule has 0 radical (unpaired) electrons. The van der Waals surface area contributed by atoms with Crippen LogP contribution in [-0.4, -0.2) is 45.0 Å². The van der Waals surface area contributed by atoms with Gasteiger partial charge in [0.05, 0.1) is 13.3 Å². The van der Waals surface area contributed by atoms with E-state index in [2.05, 4.69) is 21.4 Å². The van der Waals surface area contributed by atoms with Crippen molar-refractivity contribution in [1.82, 2.24) is 24.8 Å². The number of nitrogens with zero attached hydrogens (tertiary/aromatic N) is 6. The fourth-order valence-electron chi connectivity index (χ4n) is 3.20. The number of hydrogen-bond acceptors (Lipinski definition) is 7. The number of aryl methyl sites for hydroxylation is 1. The van der Waals surface area contributed by atoms with Gasteiger partial charge in [-0.3, -0.25) is 4.68 Å². The highest BCUT2D eigenvalue weighted by molar-refractivity contribution is 5.73. The lowest BCUT2D eigenvalue weighted by Gasteiger charge is -2.07. The first-order valence-corrected chi connectivity index (χ1v) is 8.33. The second kappa shape index (κ2) is 6.52. The highest BCUT2D eigenvalue weighted by Crippen LogP contribution is 2.34. The van der Waals surface area contributed by atoms with E-state index in [9.17, 15) is 0 Å². The van der Waals surface area contributed by atoms with Gasteiger partial charge < -0.3 is 14.2 Å². The Morgan fingerprint density at radius 2 is 2.23 bits per heavy atom. The summed E-state index contributed by atoms with van der Waals surface area (Å²) in [4.78, 5) is 6.24. The van der Waals surface area contributed by atoms with Crippen molar-refractivity contribution in [1.29, 1.82) is 5.26 Å². The van der Waals surface area contributed by atoms with E-state index in [1.807, 2.05) is 31.4 Å². The highest BCUT2D eigenvalue weighted by Gasteiger charge is 2.27. The topological polar surface area (TPSA) is 93.0 Å². The Morgan fingerprint density at radius 1 is 1.35 bits per heavy atom. The molecule has 1 fully saturated rings. The van der Waals surface area contributed by atoms with Crippen LogP contribution >= 0.6 is 0 Å². The maximum atomic E-state index is 8.98. The molecule has 1 saturated heterocycles. The van der Waals surface area contributed by atoms with Gasteiger partial charge in [0.25, 0.3) is 5.89 Å². The van der Waals surface area contributed by atoms with Gasteiger partial charge in [0, 0.05) is 48.9 Å². The standard InChI is InChI=1S/C18H18N6O2/c1-23-9-14(8-20-23)15-4-3-12(7-16(15)25-2)18-21-17(22-26-18)13-5-6-24(10-13)11-19/h3-4,7-9,13H,5-6,10H2,1-2H3. The van der Waals surface area contributed by atoms with Crippen LogP contribution in [0.2, 0.25) is 0 Å². The highest BCUT2D eigenvalue weighted by atomic mass is 16.5. The van der Waals surface area contributed by atoms with Crippen LogP contribution in [-0.2, 0) is 7.05 Å². The van der Waals surface area contributed by atoms with Gasteiger partial charge in [-0.25, -0.2) is 0 Å². The zero-order chi connectivity index (χ0) is 18.1. The van der Waals surface area contributed by atoms with Crippen molar-refractivity contribution in [2.45, 2.75) is 12.3 Å². The number of hydrogen-bond donors (Lipinski definition) is 0. The molecule has 0 N–H and O–H groups in total. The molecule has 0 amide bonds. The smallest absolute Gasteiger partial charge is 0.258 e. The number of nitriles is 1. The molecular formula is C18H18N6O2. The molecule has 8 nitrogen and oxygen atoms in total. The molecule has 0 spiro atoms. The average Bonchev–Trinajstić information content (AvgIpc) is 3.40. The molecule has 0 saturated carbocycles. The van der Waals surface area contributed by atoms with E-state index >= 15 is 0 Å². The molecule has 0 aliphatic carbocycles. The first-order chi connectivity index (χ1) is 12.7. The van der Waals surface area contributed by atoms with Crippen LogP contribution in [0.1, 0.15) is 18.2 Å². The summed E-state index contributed by atoms with van der Waals surface area (Å²) >= 11 is 0.